The second kappa shape index (κ2) is 9.97. The van der Waals surface area contributed by atoms with Crippen LogP contribution in [-0.4, -0.2) is 21.2 Å². The maximum absolute atomic E-state index is 13.9. The van der Waals surface area contributed by atoms with Crippen LogP contribution in [0.5, 0.6) is 0 Å². The van der Waals surface area contributed by atoms with Crippen LogP contribution >= 0.6 is 46.3 Å². The van der Waals surface area contributed by atoms with E-state index >= 15 is 0 Å². The van der Waals surface area contributed by atoms with Crippen LogP contribution < -0.4 is 10.9 Å². The number of rotatable bonds is 5. The first-order valence-electron chi connectivity index (χ1n) is 11.3. The Morgan fingerprint density at radius 3 is 2.63 bits per heavy atom. The summed E-state index contributed by atoms with van der Waals surface area (Å²) in [4.78, 5) is 33.6. The van der Waals surface area contributed by atoms with Crippen LogP contribution in [0.15, 0.2) is 46.3 Å². The Morgan fingerprint density at radius 1 is 1.11 bits per heavy atom. The SMILES string of the molecule is Cc1cc(C)cc(-n2c(SCC(=O)Nc3cc(Cl)ccc3Cl)nc3sc4c(c3c2=O)CCCC4)c1. The molecule has 5 rings (SSSR count). The summed E-state index contributed by atoms with van der Waals surface area (Å²) in [5.74, 6) is -0.192. The highest BCUT2D eigenvalue weighted by Gasteiger charge is 2.23. The number of nitrogens with one attached hydrogen (secondary N) is 1. The van der Waals surface area contributed by atoms with Crippen molar-refractivity contribution in [2.45, 2.75) is 44.7 Å². The normalized spacial score (nSPS) is 13.1. The van der Waals surface area contributed by atoms with Crippen molar-refractivity contribution in [2.75, 3.05) is 11.1 Å². The van der Waals surface area contributed by atoms with Crippen molar-refractivity contribution in [3.63, 3.8) is 0 Å². The molecule has 0 radical (unpaired) electrons. The molecule has 4 aromatic rings. The Balaban J connectivity index is 1.55. The molecule has 0 unspecified atom stereocenters. The molecule has 2 aromatic heterocycles. The predicted octanol–water partition coefficient (Wildman–Crippen LogP) is 6.98. The first-order chi connectivity index (χ1) is 16.8. The molecule has 1 N–H and O–H groups in total. The van der Waals surface area contributed by atoms with Crippen molar-refractivity contribution in [1.29, 1.82) is 0 Å². The van der Waals surface area contributed by atoms with Gasteiger partial charge in [-0.1, -0.05) is 41.0 Å². The summed E-state index contributed by atoms with van der Waals surface area (Å²) in [5.41, 5.74) is 4.41. The zero-order chi connectivity index (χ0) is 24.7. The van der Waals surface area contributed by atoms with E-state index in [1.54, 1.807) is 34.1 Å². The average molecular weight is 545 g/mol. The molecule has 5 nitrogen and oxygen atoms in total. The van der Waals surface area contributed by atoms with Crippen molar-refractivity contribution < 1.29 is 4.79 Å². The molecule has 0 atom stereocenters. The van der Waals surface area contributed by atoms with Gasteiger partial charge >= 0.3 is 0 Å². The predicted molar refractivity (Wildman–Crippen MR) is 147 cm³/mol. The summed E-state index contributed by atoms with van der Waals surface area (Å²) in [6.45, 7) is 4.02. The molecule has 1 aliphatic rings. The lowest BCUT2D eigenvalue weighted by Crippen LogP contribution is -2.23. The lowest BCUT2D eigenvalue weighted by molar-refractivity contribution is -0.113. The number of aromatic nitrogens is 2. The number of anilines is 1. The number of thiophene rings is 1. The monoisotopic (exact) mass is 543 g/mol. The van der Waals surface area contributed by atoms with E-state index in [0.29, 0.717) is 20.9 Å². The Hall–Kier alpha value is -2.32. The fourth-order valence-corrected chi connectivity index (χ4v) is 6.95. The van der Waals surface area contributed by atoms with Crippen LogP contribution in [0.1, 0.15) is 34.4 Å². The molecule has 0 fully saturated rings. The molecule has 35 heavy (non-hydrogen) atoms. The number of benzene rings is 2. The molecule has 9 heteroatoms. The molecule has 1 aliphatic carbocycles. The second-order valence-electron chi connectivity index (χ2n) is 8.73. The van der Waals surface area contributed by atoms with Gasteiger partial charge in [-0.25, -0.2) is 4.98 Å². The van der Waals surface area contributed by atoms with Crippen molar-refractivity contribution in [3.8, 4) is 5.69 Å². The second-order valence-corrected chi connectivity index (χ2v) is 11.6. The Kier molecular flexibility index (Phi) is 6.95. The molecular weight excluding hydrogens is 521 g/mol. The van der Waals surface area contributed by atoms with Crippen molar-refractivity contribution in [1.82, 2.24) is 9.55 Å². The fraction of sp³-hybridized carbons (Fsp3) is 0.269. The van der Waals surface area contributed by atoms with Crippen LogP contribution in [0.25, 0.3) is 15.9 Å². The Morgan fingerprint density at radius 2 is 1.86 bits per heavy atom. The number of thioether (sulfide) groups is 1. The number of nitrogens with zero attached hydrogens (tertiary/aromatic N) is 2. The molecule has 0 saturated heterocycles. The largest absolute Gasteiger partial charge is 0.324 e. The number of fused-ring (bicyclic) bond motifs is 3. The third-order valence-electron chi connectivity index (χ3n) is 5.96. The smallest absolute Gasteiger partial charge is 0.267 e. The minimum absolute atomic E-state index is 0.0661. The Bertz CT molecular complexity index is 1510. The number of aryl methyl sites for hydroxylation is 4. The number of hydrogen-bond acceptors (Lipinski definition) is 5. The van der Waals surface area contributed by atoms with Gasteiger partial charge < -0.3 is 5.32 Å². The molecule has 0 saturated carbocycles. The third kappa shape index (κ3) is 5.00. The van der Waals surface area contributed by atoms with Crippen LogP contribution in [0, 0.1) is 13.8 Å². The van der Waals surface area contributed by atoms with E-state index in [4.69, 9.17) is 28.2 Å². The van der Waals surface area contributed by atoms with E-state index in [1.807, 2.05) is 26.0 Å². The molecule has 0 spiro atoms. The molecule has 0 bridgehead atoms. The van der Waals surface area contributed by atoms with Crippen LogP contribution in [0.3, 0.4) is 0 Å². The zero-order valence-corrected chi connectivity index (χ0v) is 22.4. The van der Waals surface area contributed by atoms with E-state index in [0.717, 1.165) is 58.3 Å². The van der Waals surface area contributed by atoms with Gasteiger partial charge in [0.15, 0.2) is 5.16 Å². The molecule has 0 aliphatic heterocycles. The van der Waals surface area contributed by atoms with Crippen molar-refractivity contribution in [2.24, 2.45) is 0 Å². The minimum Gasteiger partial charge on any atom is -0.324 e. The maximum atomic E-state index is 13.9. The van der Waals surface area contributed by atoms with Gasteiger partial charge in [0, 0.05) is 9.90 Å². The van der Waals surface area contributed by atoms with Gasteiger partial charge in [-0.05, 0) is 86.6 Å². The summed E-state index contributed by atoms with van der Waals surface area (Å²) in [7, 11) is 0. The maximum Gasteiger partial charge on any atom is 0.267 e. The molecule has 180 valence electrons. The quantitative estimate of drug-likeness (QED) is 0.218. The topological polar surface area (TPSA) is 64.0 Å². The Labute approximate surface area is 221 Å². The number of carbonyl (C=O) groups excluding carboxylic acids is 1. The van der Waals surface area contributed by atoms with Gasteiger partial charge in [0.1, 0.15) is 4.83 Å². The minimum atomic E-state index is -0.258. The first-order valence-corrected chi connectivity index (χ1v) is 13.9. The zero-order valence-electron chi connectivity index (χ0n) is 19.3. The van der Waals surface area contributed by atoms with Gasteiger partial charge in [0.2, 0.25) is 5.91 Å². The summed E-state index contributed by atoms with van der Waals surface area (Å²) in [5, 5.41) is 4.91. The van der Waals surface area contributed by atoms with Crippen LogP contribution in [-0.2, 0) is 17.6 Å². The summed E-state index contributed by atoms with van der Waals surface area (Å²) in [6, 6.07) is 10.9. The van der Waals surface area contributed by atoms with E-state index < -0.39 is 0 Å². The van der Waals surface area contributed by atoms with E-state index in [-0.39, 0.29) is 17.2 Å². The van der Waals surface area contributed by atoms with Gasteiger partial charge in [-0.3, -0.25) is 14.2 Å². The third-order valence-corrected chi connectivity index (χ3v) is 8.65. The standard InChI is InChI=1S/C26H23Cl2N3O2S2/c1-14-9-15(2)11-17(10-14)31-25(33)23-18-5-3-4-6-21(18)35-24(23)30-26(31)34-13-22(32)29-20-12-16(27)7-8-19(20)28/h7-12H,3-6,13H2,1-2H3,(H,29,32). The van der Waals surface area contributed by atoms with Crippen molar-refractivity contribution >= 4 is 68.1 Å². The lowest BCUT2D eigenvalue weighted by atomic mass is 9.97. The van der Waals surface area contributed by atoms with E-state index in [9.17, 15) is 9.59 Å². The number of carbonyl (C=O) groups is 1. The molecule has 2 aromatic carbocycles. The highest BCUT2D eigenvalue weighted by Crippen LogP contribution is 2.35. The number of amides is 1. The van der Waals surface area contributed by atoms with Gasteiger partial charge in [0.05, 0.1) is 27.5 Å². The summed E-state index contributed by atoms with van der Waals surface area (Å²) in [6.07, 6.45) is 4.13. The number of hydrogen-bond donors (Lipinski definition) is 1. The molecule has 2 heterocycles. The van der Waals surface area contributed by atoms with Gasteiger partial charge in [0.25, 0.3) is 5.56 Å². The molecular formula is C26H23Cl2N3O2S2. The summed E-state index contributed by atoms with van der Waals surface area (Å²) >= 11 is 15.1. The van der Waals surface area contributed by atoms with E-state index in [1.165, 1.54) is 16.6 Å². The van der Waals surface area contributed by atoms with Crippen molar-refractivity contribution in [3.05, 3.63) is 78.4 Å². The van der Waals surface area contributed by atoms with Gasteiger partial charge in [-0.2, -0.15) is 0 Å². The van der Waals surface area contributed by atoms with Crippen LogP contribution in [0.4, 0.5) is 5.69 Å². The molecule has 1 amide bonds. The number of halogens is 2. The van der Waals surface area contributed by atoms with Gasteiger partial charge in [-0.15, -0.1) is 11.3 Å². The van der Waals surface area contributed by atoms with Crippen LogP contribution in [0.2, 0.25) is 10.0 Å². The average Bonchev–Trinajstić information content (AvgIpc) is 3.18. The summed E-state index contributed by atoms with van der Waals surface area (Å²) < 4.78 is 1.66. The highest BCUT2D eigenvalue weighted by molar-refractivity contribution is 7.99. The lowest BCUT2D eigenvalue weighted by Gasteiger charge is -2.15. The van der Waals surface area contributed by atoms with E-state index in [2.05, 4.69) is 11.4 Å². The highest BCUT2D eigenvalue weighted by atomic mass is 35.5. The fourth-order valence-electron chi connectivity index (χ4n) is 4.50. The first kappa shape index (κ1) is 24.4.